The molecule has 0 unspecified atom stereocenters. The molecule has 0 bridgehead atoms. The van der Waals surface area contributed by atoms with Gasteiger partial charge in [0.2, 0.25) is 0 Å². The standard InChI is InChI=1S/C47H30O4/c48-45(31-11-3-1-4-12-31)50-39-25-21-33-27-37(23-19-35(33)29-39)47(43-17-9-7-15-41(43)42-16-8-10-18-44(42)47)38-24-20-36-30-40(26-22-34(36)28-38)51-46(49)32-13-5-2-6-14-32/h1-30H. The second-order valence-electron chi connectivity index (χ2n) is 12.8. The summed E-state index contributed by atoms with van der Waals surface area (Å²) in [7, 11) is 0. The molecule has 0 spiro atoms. The normalized spacial score (nSPS) is 12.6. The summed E-state index contributed by atoms with van der Waals surface area (Å²) in [6, 6.07) is 60.1. The van der Waals surface area contributed by atoms with E-state index in [0.29, 0.717) is 22.6 Å². The molecule has 0 radical (unpaired) electrons. The smallest absolute Gasteiger partial charge is 0.343 e. The number of hydrogen-bond acceptors (Lipinski definition) is 4. The van der Waals surface area contributed by atoms with Crippen molar-refractivity contribution in [3.8, 4) is 22.6 Å². The molecule has 9 rings (SSSR count). The minimum Gasteiger partial charge on any atom is -0.423 e. The SMILES string of the molecule is O=C(Oc1ccc2cc(C3(c4ccc5cc(OC(=O)c6ccccc6)ccc5c4)c4ccccc4-c4ccccc43)ccc2c1)c1ccccc1. The van der Waals surface area contributed by atoms with Crippen LogP contribution in [0, 0.1) is 0 Å². The van der Waals surface area contributed by atoms with Crippen LogP contribution in [0.25, 0.3) is 32.7 Å². The first kappa shape index (κ1) is 30.3. The van der Waals surface area contributed by atoms with E-state index < -0.39 is 5.41 Å². The van der Waals surface area contributed by atoms with Crippen LogP contribution in [0.4, 0.5) is 0 Å². The molecule has 242 valence electrons. The second-order valence-corrected chi connectivity index (χ2v) is 12.8. The number of hydrogen-bond donors (Lipinski definition) is 0. The lowest BCUT2D eigenvalue weighted by atomic mass is 9.67. The highest BCUT2D eigenvalue weighted by atomic mass is 16.5. The Bertz CT molecular complexity index is 2440. The van der Waals surface area contributed by atoms with Crippen molar-refractivity contribution in [2.24, 2.45) is 0 Å². The highest BCUT2D eigenvalue weighted by Gasteiger charge is 2.46. The van der Waals surface area contributed by atoms with Gasteiger partial charge >= 0.3 is 11.9 Å². The van der Waals surface area contributed by atoms with Crippen molar-refractivity contribution in [1.82, 2.24) is 0 Å². The molecule has 8 aromatic carbocycles. The van der Waals surface area contributed by atoms with E-state index in [-0.39, 0.29) is 11.9 Å². The quantitative estimate of drug-likeness (QED) is 0.132. The van der Waals surface area contributed by atoms with Gasteiger partial charge in [0, 0.05) is 0 Å². The van der Waals surface area contributed by atoms with Crippen molar-refractivity contribution >= 4 is 33.5 Å². The number of ether oxygens (including phenoxy) is 2. The zero-order chi connectivity index (χ0) is 34.4. The van der Waals surface area contributed by atoms with Gasteiger partial charge in [-0.3, -0.25) is 0 Å². The summed E-state index contributed by atoms with van der Waals surface area (Å²) in [5, 5.41) is 4.03. The van der Waals surface area contributed by atoms with Crippen molar-refractivity contribution in [1.29, 1.82) is 0 Å². The van der Waals surface area contributed by atoms with Gasteiger partial charge in [-0.15, -0.1) is 0 Å². The lowest BCUT2D eigenvalue weighted by Crippen LogP contribution is -2.28. The van der Waals surface area contributed by atoms with E-state index in [1.807, 2.05) is 72.8 Å². The van der Waals surface area contributed by atoms with Gasteiger partial charge in [0.1, 0.15) is 11.5 Å². The number of carbonyl (C=O) groups is 2. The summed E-state index contributed by atoms with van der Waals surface area (Å²) in [6.07, 6.45) is 0. The molecule has 0 amide bonds. The third-order valence-corrected chi connectivity index (χ3v) is 9.88. The highest BCUT2D eigenvalue weighted by Crippen LogP contribution is 2.56. The molecule has 0 atom stereocenters. The Morgan fingerprint density at radius 3 is 1.20 bits per heavy atom. The van der Waals surface area contributed by atoms with Crippen LogP contribution in [0.3, 0.4) is 0 Å². The van der Waals surface area contributed by atoms with Gasteiger partial charge in [-0.2, -0.15) is 0 Å². The molecule has 4 nitrogen and oxygen atoms in total. The van der Waals surface area contributed by atoms with Crippen LogP contribution in [0.1, 0.15) is 43.0 Å². The molecule has 1 aliphatic rings. The van der Waals surface area contributed by atoms with Crippen LogP contribution in [-0.2, 0) is 5.41 Å². The lowest BCUT2D eigenvalue weighted by molar-refractivity contribution is 0.0725. The minimum absolute atomic E-state index is 0.387. The van der Waals surface area contributed by atoms with E-state index in [9.17, 15) is 9.59 Å². The fraction of sp³-hybridized carbons (Fsp3) is 0.0213. The maximum absolute atomic E-state index is 12.8. The molecule has 0 aromatic heterocycles. The number of esters is 2. The van der Waals surface area contributed by atoms with Crippen molar-refractivity contribution in [3.05, 3.63) is 215 Å². The van der Waals surface area contributed by atoms with E-state index in [0.717, 1.165) is 32.7 Å². The van der Waals surface area contributed by atoms with E-state index >= 15 is 0 Å². The maximum Gasteiger partial charge on any atom is 0.343 e. The summed E-state index contributed by atoms with van der Waals surface area (Å²) < 4.78 is 11.5. The van der Waals surface area contributed by atoms with Gasteiger partial charge in [0.15, 0.2) is 0 Å². The van der Waals surface area contributed by atoms with Gasteiger partial charge in [-0.05, 0) is 116 Å². The molecular formula is C47H30O4. The summed E-state index contributed by atoms with van der Waals surface area (Å²) >= 11 is 0. The van der Waals surface area contributed by atoms with Gasteiger partial charge in [0.25, 0.3) is 0 Å². The van der Waals surface area contributed by atoms with E-state index in [1.165, 1.54) is 22.3 Å². The Morgan fingerprint density at radius 1 is 0.373 bits per heavy atom. The van der Waals surface area contributed by atoms with Crippen LogP contribution >= 0.6 is 0 Å². The topological polar surface area (TPSA) is 52.6 Å². The monoisotopic (exact) mass is 658 g/mol. The third kappa shape index (κ3) is 5.17. The molecule has 0 N–H and O–H groups in total. The Labute approximate surface area is 295 Å². The molecule has 1 aliphatic carbocycles. The molecule has 0 aliphatic heterocycles. The molecule has 0 saturated carbocycles. The van der Waals surface area contributed by atoms with Crippen LogP contribution in [0.2, 0.25) is 0 Å². The predicted octanol–water partition coefficient (Wildman–Crippen LogP) is 10.8. The Balaban J connectivity index is 1.15. The predicted molar refractivity (Wildman–Crippen MR) is 202 cm³/mol. The maximum atomic E-state index is 12.8. The van der Waals surface area contributed by atoms with Crippen LogP contribution in [0.5, 0.6) is 11.5 Å². The largest absolute Gasteiger partial charge is 0.423 e. The van der Waals surface area contributed by atoms with Crippen LogP contribution in [-0.4, -0.2) is 11.9 Å². The molecule has 0 saturated heterocycles. The summed E-state index contributed by atoms with van der Waals surface area (Å²) in [5.41, 5.74) is 7.52. The minimum atomic E-state index is -0.605. The zero-order valence-corrected chi connectivity index (χ0v) is 27.5. The van der Waals surface area contributed by atoms with Crippen molar-refractivity contribution in [2.75, 3.05) is 0 Å². The number of benzene rings is 8. The molecule has 51 heavy (non-hydrogen) atoms. The molecule has 0 fully saturated rings. The number of fused-ring (bicyclic) bond motifs is 5. The van der Waals surface area contributed by atoms with Gasteiger partial charge in [-0.25, -0.2) is 9.59 Å². The Kier molecular flexibility index (Phi) is 7.29. The summed E-state index contributed by atoms with van der Waals surface area (Å²) in [5.74, 6) is 0.224. The third-order valence-electron chi connectivity index (χ3n) is 9.88. The van der Waals surface area contributed by atoms with Gasteiger partial charge in [0.05, 0.1) is 16.5 Å². The molecule has 0 heterocycles. The fourth-order valence-electron chi connectivity index (χ4n) is 7.55. The zero-order valence-electron chi connectivity index (χ0n) is 27.5. The number of rotatable bonds is 6. The highest BCUT2D eigenvalue weighted by molar-refractivity contribution is 5.95. The second kappa shape index (κ2) is 12.3. The van der Waals surface area contributed by atoms with Gasteiger partial charge < -0.3 is 9.47 Å². The molecule has 8 aromatic rings. The first-order valence-corrected chi connectivity index (χ1v) is 16.9. The average Bonchev–Trinajstić information content (AvgIpc) is 3.49. The molecule has 4 heteroatoms. The summed E-state index contributed by atoms with van der Waals surface area (Å²) in [6.45, 7) is 0. The van der Waals surface area contributed by atoms with Crippen molar-refractivity contribution in [2.45, 2.75) is 5.41 Å². The van der Waals surface area contributed by atoms with Crippen LogP contribution < -0.4 is 9.47 Å². The number of carbonyl (C=O) groups excluding carboxylic acids is 2. The first-order valence-electron chi connectivity index (χ1n) is 16.9. The van der Waals surface area contributed by atoms with Crippen LogP contribution in [0.15, 0.2) is 182 Å². The van der Waals surface area contributed by atoms with Crippen molar-refractivity contribution in [3.63, 3.8) is 0 Å². The lowest BCUT2D eigenvalue weighted by Gasteiger charge is -2.34. The average molecular weight is 659 g/mol. The fourth-order valence-corrected chi connectivity index (χ4v) is 7.55. The summed E-state index contributed by atoms with van der Waals surface area (Å²) in [4.78, 5) is 25.6. The van der Waals surface area contributed by atoms with Gasteiger partial charge in [-0.1, -0.05) is 121 Å². The van der Waals surface area contributed by atoms with E-state index in [2.05, 4.69) is 84.9 Å². The van der Waals surface area contributed by atoms with E-state index in [4.69, 9.17) is 9.47 Å². The van der Waals surface area contributed by atoms with Crippen molar-refractivity contribution < 1.29 is 19.1 Å². The Morgan fingerprint density at radius 2 is 0.745 bits per heavy atom. The Hall–Kier alpha value is -6.78. The van der Waals surface area contributed by atoms with E-state index in [1.54, 1.807) is 24.3 Å². The molecular weight excluding hydrogens is 629 g/mol. The first-order chi connectivity index (χ1) is 25.1.